The molecule has 0 spiro atoms. The van der Waals surface area contributed by atoms with Crippen molar-refractivity contribution in [1.29, 1.82) is 0 Å². The van der Waals surface area contributed by atoms with Gasteiger partial charge in [-0.05, 0) is 92.3 Å². The Bertz CT molecular complexity index is 1630. The SMILES string of the molecule is C/C=C/C(/C=C/c1ccc(N(CC)CCO)cc1C)=C\C=[NH+]CCSSCC[n+]1ccc(/C=C/c2ccc(N(CC)CCO)cc2C)cc1C. The second-order valence-corrected chi connectivity index (χ2v) is 14.8. The summed E-state index contributed by atoms with van der Waals surface area (Å²) in [6, 6.07) is 17.4. The highest BCUT2D eigenvalue weighted by Crippen LogP contribution is 2.23. The summed E-state index contributed by atoms with van der Waals surface area (Å²) in [6.07, 6.45) is 19.2. The first-order chi connectivity index (χ1) is 24.3. The van der Waals surface area contributed by atoms with Crippen LogP contribution in [0.2, 0.25) is 0 Å². The van der Waals surface area contributed by atoms with E-state index in [0.29, 0.717) is 13.1 Å². The van der Waals surface area contributed by atoms with E-state index in [4.69, 9.17) is 0 Å². The Labute approximate surface area is 309 Å². The molecule has 3 rings (SSSR count). The molecular weight excluding hydrogens is 657 g/mol. The van der Waals surface area contributed by atoms with Gasteiger partial charge in [-0.2, -0.15) is 0 Å². The van der Waals surface area contributed by atoms with Crippen molar-refractivity contribution in [3.05, 3.63) is 118 Å². The summed E-state index contributed by atoms with van der Waals surface area (Å²) in [5.74, 6) is 2.09. The van der Waals surface area contributed by atoms with Gasteiger partial charge in [-0.25, -0.2) is 9.56 Å². The Hall–Kier alpha value is -3.56. The molecule has 2 aromatic carbocycles. The van der Waals surface area contributed by atoms with Crippen LogP contribution in [0.1, 0.15) is 54.3 Å². The molecule has 8 heteroatoms. The third kappa shape index (κ3) is 13.6. The Morgan fingerprint density at radius 2 is 1.40 bits per heavy atom. The maximum atomic E-state index is 9.34. The highest BCUT2D eigenvalue weighted by molar-refractivity contribution is 8.76. The minimum Gasteiger partial charge on any atom is -0.395 e. The number of rotatable bonds is 21. The van der Waals surface area contributed by atoms with Crippen LogP contribution in [-0.4, -0.2) is 73.9 Å². The van der Waals surface area contributed by atoms with E-state index in [0.717, 1.165) is 54.6 Å². The van der Waals surface area contributed by atoms with Crippen LogP contribution in [0.15, 0.2) is 84.6 Å². The highest BCUT2D eigenvalue weighted by Gasteiger charge is 2.09. The summed E-state index contributed by atoms with van der Waals surface area (Å²) >= 11 is 0. The van der Waals surface area contributed by atoms with Gasteiger partial charge in [0.15, 0.2) is 31.2 Å². The standard InChI is InChI=1S/C42H57N4O2S2/c1-7-10-37(11-13-39-15-17-41(31-34(39)4)44(8-2)24-27-47)19-21-43-22-29-49-50-30-26-46-23-20-38(33-36(46)6)12-14-40-16-18-42(32-35(40)5)45(9-3)25-28-48/h7,10-21,23,31-33,47-48H,8-9,22,24-30H2,1-6H3/q+1/p+1/b10-7+,13-11+,37-19+,43-21?. The molecule has 0 amide bonds. The number of benzene rings is 2. The predicted octanol–water partition coefficient (Wildman–Crippen LogP) is 6.46. The Morgan fingerprint density at radius 1 is 0.780 bits per heavy atom. The molecule has 0 aliphatic carbocycles. The number of anilines is 2. The van der Waals surface area contributed by atoms with Gasteiger partial charge in [0.25, 0.3) is 0 Å². The molecule has 0 atom stereocenters. The molecule has 6 nitrogen and oxygen atoms in total. The molecule has 1 heterocycles. The second-order valence-electron chi connectivity index (χ2n) is 12.1. The summed E-state index contributed by atoms with van der Waals surface area (Å²) in [7, 11) is 3.83. The van der Waals surface area contributed by atoms with Gasteiger partial charge in [0.1, 0.15) is 0 Å². The summed E-state index contributed by atoms with van der Waals surface area (Å²) in [5, 5.41) is 18.7. The van der Waals surface area contributed by atoms with Gasteiger partial charge in [0.2, 0.25) is 0 Å². The number of pyridine rings is 1. The smallest absolute Gasteiger partial charge is 0.178 e. The number of allylic oxidation sites excluding steroid dienone is 5. The van der Waals surface area contributed by atoms with E-state index in [1.165, 1.54) is 33.5 Å². The van der Waals surface area contributed by atoms with E-state index in [-0.39, 0.29) is 13.2 Å². The molecular formula is C42H58N4O2S2+2. The van der Waals surface area contributed by atoms with Crippen molar-refractivity contribution in [2.45, 2.75) is 48.1 Å². The molecule has 0 aliphatic rings. The largest absolute Gasteiger partial charge is 0.395 e. The number of aromatic nitrogens is 1. The van der Waals surface area contributed by atoms with Gasteiger partial charge in [0, 0.05) is 62.7 Å². The van der Waals surface area contributed by atoms with E-state index in [9.17, 15) is 10.2 Å². The molecule has 1 aromatic heterocycles. The number of nitrogens with one attached hydrogen (secondary N) is 1. The van der Waals surface area contributed by atoms with Gasteiger partial charge in [-0.1, -0.05) is 70.2 Å². The number of hydrogen-bond donors (Lipinski definition) is 3. The summed E-state index contributed by atoms with van der Waals surface area (Å²) in [6.45, 7) is 18.0. The van der Waals surface area contributed by atoms with Crippen LogP contribution in [0.3, 0.4) is 0 Å². The first-order valence-corrected chi connectivity index (χ1v) is 20.2. The molecule has 0 bridgehead atoms. The maximum Gasteiger partial charge on any atom is 0.178 e. The van der Waals surface area contributed by atoms with Crippen LogP contribution in [-0.2, 0) is 6.54 Å². The normalized spacial score (nSPS) is 12.4. The molecule has 0 unspecified atom stereocenters. The van der Waals surface area contributed by atoms with Crippen LogP contribution in [0.5, 0.6) is 0 Å². The van der Waals surface area contributed by atoms with E-state index < -0.39 is 0 Å². The molecule has 268 valence electrons. The van der Waals surface area contributed by atoms with Crippen molar-refractivity contribution < 1.29 is 19.8 Å². The van der Waals surface area contributed by atoms with E-state index in [1.807, 2.05) is 34.7 Å². The zero-order valence-electron chi connectivity index (χ0n) is 30.9. The molecule has 0 saturated heterocycles. The van der Waals surface area contributed by atoms with Crippen LogP contribution < -0.4 is 19.4 Å². The fraction of sp³-hybridized carbons (Fsp3) is 0.381. The van der Waals surface area contributed by atoms with Crippen molar-refractivity contribution >= 4 is 57.4 Å². The fourth-order valence-electron chi connectivity index (χ4n) is 5.61. The van der Waals surface area contributed by atoms with Gasteiger partial charge in [0.05, 0.1) is 24.7 Å². The predicted molar refractivity (Wildman–Crippen MR) is 221 cm³/mol. The number of hydrogen-bond acceptors (Lipinski definition) is 6. The van der Waals surface area contributed by atoms with Gasteiger partial charge < -0.3 is 20.0 Å². The zero-order valence-corrected chi connectivity index (χ0v) is 32.6. The lowest BCUT2D eigenvalue weighted by Crippen LogP contribution is -2.69. The summed E-state index contributed by atoms with van der Waals surface area (Å²) in [4.78, 5) is 7.81. The van der Waals surface area contributed by atoms with Gasteiger partial charge in [-0.3, -0.25) is 0 Å². The summed E-state index contributed by atoms with van der Waals surface area (Å²) in [5.41, 5.74) is 10.8. The summed E-state index contributed by atoms with van der Waals surface area (Å²) < 4.78 is 2.32. The molecule has 0 aliphatic heterocycles. The van der Waals surface area contributed by atoms with Crippen LogP contribution in [0.25, 0.3) is 18.2 Å². The van der Waals surface area contributed by atoms with Gasteiger partial charge >= 0.3 is 0 Å². The fourth-order valence-corrected chi connectivity index (χ4v) is 7.50. The van der Waals surface area contributed by atoms with E-state index >= 15 is 0 Å². The average molecular weight is 715 g/mol. The molecule has 0 fully saturated rings. The molecule has 3 N–H and O–H groups in total. The molecule has 50 heavy (non-hydrogen) atoms. The third-order valence-corrected chi connectivity index (χ3v) is 10.9. The van der Waals surface area contributed by atoms with E-state index in [2.05, 4.69) is 151 Å². The van der Waals surface area contributed by atoms with Crippen LogP contribution in [0.4, 0.5) is 11.4 Å². The number of aryl methyl sites for hydroxylation is 4. The Kier molecular flexibility index (Phi) is 18.8. The first kappa shape index (κ1) is 40.9. The van der Waals surface area contributed by atoms with Crippen molar-refractivity contribution in [3.63, 3.8) is 0 Å². The van der Waals surface area contributed by atoms with Crippen molar-refractivity contribution in [2.75, 3.05) is 67.2 Å². The minimum atomic E-state index is 0.158. The average Bonchev–Trinajstić information content (AvgIpc) is 3.11. The lowest BCUT2D eigenvalue weighted by atomic mass is 10.1. The number of nitrogens with zero attached hydrogens (tertiary/aromatic N) is 3. The van der Waals surface area contributed by atoms with Gasteiger partial charge in [-0.15, -0.1) is 0 Å². The second kappa shape index (κ2) is 23.0. The van der Waals surface area contributed by atoms with Crippen LogP contribution >= 0.6 is 21.6 Å². The minimum absolute atomic E-state index is 0.158. The quantitative estimate of drug-likeness (QED) is 0.0388. The highest BCUT2D eigenvalue weighted by atomic mass is 33.1. The first-order valence-electron chi connectivity index (χ1n) is 17.8. The zero-order chi connectivity index (χ0) is 36.1. The van der Waals surface area contributed by atoms with Crippen molar-refractivity contribution in [2.24, 2.45) is 0 Å². The number of aliphatic hydroxyl groups excluding tert-OH is 2. The lowest BCUT2D eigenvalue weighted by molar-refractivity contribution is -0.698. The van der Waals surface area contributed by atoms with E-state index in [1.54, 1.807) is 0 Å². The lowest BCUT2D eigenvalue weighted by Gasteiger charge is -2.22. The topological polar surface area (TPSA) is 64.8 Å². The Balaban J connectivity index is 1.42. The number of likely N-dealkylation sites (N-methyl/N-ethyl adjacent to an activating group) is 2. The van der Waals surface area contributed by atoms with Crippen molar-refractivity contribution in [3.8, 4) is 0 Å². The van der Waals surface area contributed by atoms with Crippen molar-refractivity contribution in [1.82, 2.24) is 0 Å². The molecule has 0 radical (unpaired) electrons. The maximum absolute atomic E-state index is 9.34. The monoisotopic (exact) mass is 714 g/mol. The Morgan fingerprint density at radius 3 is 1.96 bits per heavy atom. The molecule has 0 saturated carbocycles. The van der Waals surface area contributed by atoms with Crippen LogP contribution in [0, 0.1) is 20.8 Å². The molecule has 3 aromatic rings. The third-order valence-electron chi connectivity index (χ3n) is 8.51. The number of aliphatic hydroxyl groups is 2.